The first kappa shape index (κ1) is 26.5. The second kappa shape index (κ2) is 9.15. The van der Waals surface area contributed by atoms with Gasteiger partial charge in [0, 0.05) is 6.61 Å². The topological polar surface area (TPSA) is 77.5 Å². The van der Waals surface area contributed by atoms with Crippen LogP contribution in [0.4, 0.5) is 26.3 Å². The van der Waals surface area contributed by atoms with E-state index in [2.05, 4.69) is 0 Å². The van der Waals surface area contributed by atoms with Crippen LogP contribution in [-0.4, -0.2) is 28.2 Å². The second-order valence-corrected chi connectivity index (χ2v) is 11.6. The van der Waals surface area contributed by atoms with Crippen LogP contribution in [0.25, 0.3) is 0 Å². The van der Waals surface area contributed by atoms with Gasteiger partial charge in [-0.15, -0.1) is 0 Å². The third-order valence-corrected chi connectivity index (χ3v) is 8.94. The quantitative estimate of drug-likeness (QED) is 0.439. The fraction of sp³-hybridized carbons (Fsp3) is 0.429. The lowest BCUT2D eigenvalue weighted by molar-refractivity contribution is -0.138. The zero-order valence-corrected chi connectivity index (χ0v) is 19.3. The number of hydrogen-bond donors (Lipinski definition) is 1. The molecule has 0 spiro atoms. The monoisotopic (exact) mass is 530 g/mol. The lowest BCUT2D eigenvalue weighted by atomic mass is 9.91. The molecule has 2 unspecified atom stereocenters. The Balaban J connectivity index is 1.99. The van der Waals surface area contributed by atoms with Crippen molar-refractivity contribution in [3.05, 3.63) is 64.7 Å². The molecule has 5 nitrogen and oxygen atoms in total. The molecule has 1 heterocycles. The predicted molar refractivity (Wildman–Crippen MR) is 110 cm³/mol. The van der Waals surface area contributed by atoms with Crippen molar-refractivity contribution >= 4 is 20.5 Å². The number of hydrogen-bond acceptors (Lipinski definition) is 5. The standard InChI is InChI=1S/C21H20F6O5S2/c1-19(34(30,31)16-4-2-3-15(10-16)20(22,23)24)7-8-32-18(11-19)13-5-6-14(12-33(28)29)17(9-13)21(25,26)27/h2-6,9-10,18,33H,7-8,11-12H2,1H3. The molecule has 0 bridgehead atoms. The van der Waals surface area contributed by atoms with E-state index in [9.17, 15) is 43.2 Å². The number of alkyl halides is 6. The molecule has 2 atom stereocenters. The Labute approximate surface area is 193 Å². The average Bonchev–Trinajstić information content (AvgIpc) is 2.72. The van der Waals surface area contributed by atoms with Crippen LogP contribution in [0.1, 0.15) is 48.1 Å². The Morgan fingerprint density at radius 2 is 1.71 bits per heavy atom. The van der Waals surface area contributed by atoms with Crippen molar-refractivity contribution in [1.82, 2.24) is 0 Å². The first-order valence-electron chi connectivity index (χ1n) is 9.90. The van der Waals surface area contributed by atoms with E-state index in [0.717, 1.165) is 30.3 Å². The molecule has 13 heteroatoms. The molecule has 0 radical (unpaired) electrons. The van der Waals surface area contributed by atoms with Crippen LogP contribution < -0.4 is 0 Å². The van der Waals surface area contributed by atoms with Crippen molar-refractivity contribution in [2.45, 2.75) is 53.6 Å². The maximum atomic E-state index is 13.5. The molecule has 0 aromatic heterocycles. The summed E-state index contributed by atoms with van der Waals surface area (Å²) in [7, 11) is -7.45. The third-order valence-electron chi connectivity index (χ3n) is 5.80. The van der Waals surface area contributed by atoms with Gasteiger partial charge < -0.3 is 4.74 Å². The minimum absolute atomic E-state index is 0.0117. The van der Waals surface area contributed by atoms with Gasteiger partial charge in [0.2, 0.25) is 0 Å². The van der Waals surface area contributed by atoms with Gasteiger partial charge in [0.1, 0.15) is 10.7 Å². The molecule has 3 rings (SSSR count). The molecular formula is C21H20F6O5S2. The third kappa shape index (κ3) is 5.41. The Morgan fingerprint density at radius 3 is 2.29 bits per heavy atom. The van der Waals surface area contributed by atoms with Crippen molar-refractivity contribution in [2.75, 3.05) is 6.61 Å². The van der Waals surface area contributed by atoms with Gasteiger partial charge in [0.05, 0.1) is 32.6 Å². The van der Waals surface area contributed by atoms with Crippen LogP contribution in [0.5, 0.6) is 0 Å². The summed E-state index contributed by atoms with van der Waals surface area (Å²) in [4.78, 5) is -0.545. The van der Waals surface area contributed by atoms with Gasteiger partial charge in [0.15, 0.2) is 9.84 Å². The molecule has 0 amide bonds. The van der Waals surface area contributed by atoms with Crippen LogP contribution in [0.2, 0.25) is 0 Å². The summed E-state index contributed by atoms with van der Waals surface area (Å²) in [5, 5.41) is 0. The molecule has 0 N–H and O–H groups in total. The summed E-state index contributed by atoms with van der Waals surface area (Å²) in [5.41, 5.74) is -2.78. The van der Waals surface area contributed by atoms with Gasteiger partial charge in [-0.1, -0.05) is 18.2 Å². The van der Waals surface area contributed by atoms with Crippen molar-refractivity contribution < 1.29 is 47.9 Å². The van der Waals surface area contributed by atoms with Crippen LogP contribution in [-0.2, 0) is 43.4 Å². The molecule has 1 aliphatic heterocycles. The average molecular weight is 531 g/mol. The maximum Gasteiger partial charge on any atom is 0.416 e. The molecule has 0 saturated carbocycles. The highest BCUT2D eigenvalue weighted by molar-refractivity contribution is 7.92. The van der Waals surface area contributed by atoms with Gasteiger partial charge in [-0.3, -0.25) is 0 Å². The first-order chi connectivity index (χ1) is 15.5. The summed E-state index contributed by atoms with van der Waals surface area (Å²) < 4.78 is 132. The van der Waals surface area contributed by atoms with Crippen molar-refractivity contribution in [2.24, 2.45) is 0 Å². The van der Waals surface area contributed by atoms with E-state index in [1.165, 1.54) is 13.0 Å². The van der Waals surface area contributed by atoms with Gasteiger partial charge >= 0.3 is 12.4 Å². The number of ether oxygens (including phenoxy) is 1. The Hall–Kier alpha value is -2.12. The Kier molecular flexibility index (Phi) is 7.13. The SMILES string of the molecule is CC1(S(=O)(=O)c2cccc(C(F)(F)F)c2)CCOC(c2ccc(C[SH](=O)=O)c(C(F)(F)F)c2)C1. The Morgan fingerprint density at radius 1 is 1.03 bits per heavy atom. The van der Waals surface area contributed by atoms with Crippen molar-refractivity contribution in [1.29, 1.82) is 0 Å². The van der Waals surface area contributed by atoms with E-state index in [1.807, 2.05) is 0 Å². The molecule has 1 fully saturated rings. The fourth-order valence-corrected chi connectivity index (χ4v) is 6.27. The zero-order valence-electron chi connectivity index (χ0n) is 17.6. The number of thiol groups is 1. The molecule has 2 aromatic carbocycles. The lowest BCUT2D eigenvalue weighted by Gasteiger charge is -2.38. The second-order valence-electron chi connectivity index (χ2n) is 8.20. The summed E-state index contributed by atoms with van der Waals surface area (Å²) in [6.45, 7) is 1.16. The molecule has 34 heavy (non-hydrogen) atoms. The number of rotatable bonds is 5. The van der Waals surface area contributed by atoms with Crippen molar-refractivity contribution in [3.8, 4) is 0 Å². The highest BCUT2D eigenvalue weighted by atomic mass is 32.2. The van der Waals surface area contributed by atoms with E-state index in [-0.39, 0.29) is 25.0 Å². The van der Waals surface area contributed by atoms with E-state index in [1.54, 1.807) is 0 Å². The maximum absolute atomic E-state index is 13.5. The number of benzene rings is 2. The molecule has 1 saturated heterocycles. The largest absolute Gasteiger partial charge is 0.416 e. The van der Waals surface area contributed by atoms with Crippen LogP contribution in [0.15, 0.2) is 47.4 Å². The van der Waals surface area contributed by atoms with Crippen LogP contribution >= 0.6 is 0 Å². The summed E-state index contributed by atoms with van der Waals surface area (Å²) in [5.74, 6) is -0.822. The van der Waals surface area contributed by atoms with E-state index < -0.39 is 71.1 Å². The minimum Gasteiger partial charge on any atom is -0.373 e. The van der Waals surface area contributed by atoms with Crippen LogP contribution in [0, 0.1) is 0 Å². The zero-order chi connectivity index (χ0) is 25.5. The van der Waals surface area contributed by atoms with Gasteiger partial charge in [-0.25, -0.2) is 16.8 Å². The lowest BCUT2D eigenvalue weighted by Crippen LogP contribution is -2.42. The predicted octanol–water partition coefficient (Wildman–Crippen LogP) is 4.92. The smallest absolute Gasteiger partial charge is 0.373 e. The minimum atomic E-state index is -4.86. The van der Waals surface area contributed by atoms with Crippen molar-refractivity contribution in [3.63, 3.8) is 0 Å². The highest BCUT2D eigenvalue weighted by Gasteiger charge is 2.46. The summed E-state index contributed by atoms with van der Waals surface area (Å²) >= 11 is 0. The molecule has 0 aliphatic carbocycles. The van der Waals surface area contributed by atoms with Crippen LogP contribution in [0.3, 0.4) is 0 Å². The highest BCUT2D eigenvalue weighted by Crippen LogP contribution is 2.44. The summed E-state index contributed by atoms with van der Waals surface area (Å²) in [6.07, 6.45) is -11.1. The fourth-order valence-electron chi connectivity index (χ4n) is 3.89. The van der Waals surface area contributed by atoms with E-state index >= 15 is 0 Å². The number of sulfone groups is 1. The molecule has 188 valence electrons. The van der Waals surface area contributed by atoms with E-state index in [0.29, 0.717) is 6.07 Å². The van der Waals surface area contributed by atoms with Gasteiger partial charge in [-0.2, -0.15) is 26.3 Å². The van der Waals surface area contributed by atoms with Gasteiger partial charge in [-0.05, 0) is 55.2 Å². The normalized spacial score (nSPS) is 22.2. The molecule has 2 aromatic rings. The van der Waals surface area contributed by atoms with E-state index in [4.69, 9.17) is 4.74 Å². The Bertz CT molecular complexity index is 1240. The summed E-state index contributed by atoms with van der Waals surface area (Å²) in [6, 6.07) is 6.25. The number of halogens is 6. The van der Waals surface area contributed by atoms with Gasteiger partial charge in [0.25, 0.3) is 0 Å². The molecular weight excluding hydrogens is 510 g/mol. The molecule has 1 aliphatic rings. The first-order valence-corrected chi connectivity index (χ1v) is 12.7.